The minimum absolute atomic E-state index is 0.0316. The predicted octanol–water partition coefficient (Wildman–Crippen LogP) is 4.54. The van der Waals surface area contributed by atoms with Crippen molar-refractivity contribution in [2.24, 2.45) is 0 Å². The number of nitrogens with zero attached hydrogens (tertiary/aromatic N) is 1. The van der Waals surface area contributed by atoms with Crippen LogP contribution in [0.3, 0.4) is 0 Å². The molecule has 0 bridgehead atoms. The highest BCUT2D eigenvalue weighted by Gasteiger charge is 2.36. The van der Waals surface area contributed by atoms with Crippen LogP contribution >= 0.6 is 0 Å². The molecule has 1 heterocycles. The van der Waals surface area contributed by atoms with E-state index in [0.29, 0.717) is 17.0 Å². The number of ether oxygens (including phenoxy) is 2. The zero-order valence-electron chi connectivity index (χ0n) is 16.1. The normalized spacial score (nSPS) is 11.4. The summed E-state index contributed by atoms with van der Waals surface area (Å²) in [4.78, 5) is 33.6. The van der Waals surface area contributed by atoms with Crippen LogP contribution < -0.4 is 10.4 Å². The minimum atomic E-state index is -4.90. The number of methoxy groups -OCH3 is 1. The highest BCUT2D eigenvalue weighted by molar-refractivity contribution is 5.84. The second-order valence-electron chi connectivity index (χ2n) is 6.44. The molecule has 3 aromatic rings. The lowest BCUT2D eigenvalue weighted by atomic mass is 10.0. The molecule has 8 nitrogen and oxygen atoms in total. The Morgan fingerprint density at radius 3 is 2.52 bits per heavy atom. The number of hydrogen-bond acceptors (Lipinski definition) is 7. The van der Waals surface area contributed by atoms with Gasteiger partial charge in [-0.05, 0) is 30.7 Å². The Morgan fingerprint density at radius 1 is 1.19 bits per heavy atom. The lowest BCUT2D eigenvalue weighted by Gasteiger charge is -2.14. The lowest BCUT2D eigenvalue weighted by molar-refractivity contribution is -0.385. The highest BCUT2D eigenvalue weighted by Crippen LogP contribution is 2.40. The van der Waals surface area contributed by atoms with Crippen LogP contribution in [0.25, 0.3) is 11.0 Å². The van der Waals surface area contributed by atoms with Crippen molar-refractivity contribution in [3.05, 3.63) is 73.6 Å². The largest absolute Gasteiger partial charge is 0.469 e. The summed E-state index contributed by atoms with van der Waals surface area (Å²) in [6.45, 7) is 1.59. The van der Waals surface area contributed by atoms with Crippen LogP contribution in [0.5, 0.6) is 11.5 Å². The summed E-state index contributed by atoms with van der Waals surface area (Å²) in [5.41, 5.74) is -2.27. The number of halogens is 3. The van der Waals surface area contributed by atoms with Crippen LogP contribution in [0, 0.1) is 17.0 Å². The fraction of sp³-hybridized carbons (Fsp3) is 0.200. The molecule has 0 spiro atoms. The Kier molecular flexibility index (Phi) is 5.69. The van der Waals surface area contributed by atoms with Crippen LogP contribution in [0.4, 0.5) is 18.9 Å². The molecule has 0 aliphatic carbocycles. The van der Waals surface area contributed by atoms with Gasteiger partial charge in [-0.2, -0.15) is 13.2 Å². The third-order valence-electron chi connectivity index (χ3n) is 4.51. The van der Waals surface area contributed by atoms with Crippen LogP contribution in [0.15, 0.2) is 45.6 Å². The number of esters is 1. The average molecular weight is 437 g/mol. The molecule has 162 valence electrons. The predicted molar refractivity (Wildman–Crippen MR) is 101 cm³/mol. The maximum atomic E-state index is 13.3. The SMILES string of the molecule is COC(=O)Cc1c(C)c2ccc(Oc3ccc([N+](=O)[O-])cc3C(F)(F)F)cc2oc1=O. The Labute approximate surface area is 171 Å². The number of benzene rings is 2. The molecule has 0 saturated heterocycles. The molecule has 0 unspecified atom stereocenters. The lowest BCUT2D eigenvalue weighted by Crippen LogP contribution is -2.16. The zero-order chi connectivity index (χ0) is 22.9. The Balaban J connectivity index is 2.04. The third kappa shape index (κ3) is 4.49. The molecular weight excluding hydrogens is 423 g/mol. The van der Waals surface area contributed by atoms with Gasteiger partial charge in [0.1, 0.15) is 22.6 Å². The van der Waals surface area contributed by atoms with Gasteiger partial charge in [0.15, 0.2) is 0 Å². The van der Waals surface area contributed by atoms with E-state index < -0.39 is 39.7 Å². The van der Waals surface area contributed by atoms with Crippen LogP contribution in [0.2, 0.25) is 0 Å². The number of hydrogen-bond donors (Lipinski definition) is 0. The smallest absolute Gasteiger partial charge is 0.420 e. The topological polar surface area (TPSA) is 109 Å². The molecule has 0 aliphatic rings. The molecule has 0 atom stereocenters. The first-order valence-corrected chi connectivity index (χ1v) is 8.68. The minimum Gasteiger partial charge on any atom is -0.469 e. The number of alkyl halides is 3. The number of carbonyl (C=O) groups is 1. The number of carbonyl (C=O) groups excluding carboxylic acids is 1. The molecule has 0 amide bonds. The second-order valence-corrected chi connectivity index (χ2v) is 6.44. The van der Waals surface area contributed by atoms with Crippen LogP contribution in [0.1, 0.15) is 16.7 Å². The summed E-state index contributed by atoms with van der Waals surface area (Å²) < 4.78 is 55.0. The quantitative estimate of drug-likeness (QED) is 0.250. The van der Waals surface area contributed by atoms with Gasteiger partial charge in [-0.3, -0.25) is 14.9 Å². The van der Waals surface area contributed by atoms with Gasteiger partial charge in [0.2, 0.25) is 0 Å². The van der Waals surface area contributed by atoms with Gasteiger partial charge in [-0.25, -0.2) is 4.79 Å². The summed E-state index contributed by atoms with van der Waals surface area (Å²) in [5.74, 6) is -1.37. The van der Waals surface area contributed by atoms with Crippen molar-refractivity contribution < 1.29 is 36.8 Å². The van der Waals surface area contributed by atoms with E-state index in [2.05, 4.69) is 4.74 Å². The molecular formula is C20H14F3NO7. The van der Waals surface area contributed by atoms with E-state index in [1.807, 2.05) is 0 Å². The van der Waals surface area contributed by atoms with Crippen molar-refractivity contribution in [3.8, 4) is 11.5 Å². The number of nitro benzene ring substituents is 1. The standard InChI is InChI=1S/C20H14F3NO7/c1-10-13-5-4-12(8-17(13)31-19(26)14(10)9-18(25)29-2)30-16-6-3-11(24(27)28)7-15(16)20(21,22)23/h3-8H,9H2,1-2H3. The van der Waals surface area contributed by atoms with E-state index in [9.17, 15) is 32.9 Å². The van der Waals surface area contributed by atoms with Gasteiger partial charge in [0.25, 0.3) is 5.69 Å². The number of rotatable bonds is 5. The van der Waals surface area contributed by atoms with Crippen molar-refractivity contribution in [2.45, 2.75) is 19.5 Å². The van der Waals surface area contributed by atoms with Crippen molar-refractivity contribution in [1.82, 2.24) is 0 Å². The molecule has 2 aromatic carbocycles. The summed E-state index contributed by atoms with van der Waals surface area (Å²) in [5, 5.41) is 11.2. The summed E-state index contributed by atoms with van der Waals surface area (Å²) in [6, 6.07) is 6.12. The molecule has 1 aromatic heterocycles. The number of fused-ring (bicyclic) bond motifs is 1. The maximum absolute atomic E-state index is 13.3. The zero-order valence-corrected chi connectivity index (χ0v) is 16.1. The number of aryl methyl sites for hydroxylation is 1. The van der Waals surface area contributed by atoms with Crippen molar-refractivity contribution in [1.29, 1.82) is 0 Å². The summed E-state index contributed by atoms with van der Waals surface area (Å²) in [6.07, 6.45) is -5.19. The molecule has 0 N–H and O–H groups in total. The molecule has 0 radical (unpaired) electrons. The maximum Gasteiger partial charge on any atom is 0.420 e. The van der Waals surface area contributed by atoms with Gasteiger partial charge in [-0.15, -0.1) is 0 Å². The fourth-order valence-corrected chi connectivity index (χ4v) is 2.93. The van der Waals surface area contributed by atoms with Crippen molar-refractivity contribution >= 4 is 22.6 Å². The Morgan fingerprint density at radius 2 is 1.90 bits per heavy atom. The first kappa shape index (κ1) is 21.8. The molecule has 0 aliphatic heterocycles. The van der Waals surface area contributed by atoms with Gasteiger partial charge >= 0.3 is 17.8 Å². The molecule has 0 saturated carbocycles. The highest BCUT2D eigenvalue weighted by atomic mass is 19.4. The summed E-state index contributed by atoms with van der Waals surface area (Å²) in [7, 11) is 1.18. The Hall–Kier alpha value is -3.89. The van der Waals surface area contributed by atoms with E-state index in [0.717, 1.165) is 12.1 Å². The molecule has 11 heteroatoms. The number of nitro groups is 1. The second kappa shape index (κ2) is 8.09. The fourth-order valence-electron chi connectivity index (χ4n) is 2.93. The average Bonchev–Trinajstić information content (AvgIpc) is 2.70. The van der Waals surface area contributed by atoms with E-state index in [1.165, 1.54) is 25.3 Å². The van der Waals surface area contributed by atoms with E-state index in [4.69, 9.17) is 9.15 Å². The van der Waals surface area contributed by atoms with Gasteiger partial charge < -0.3 is 13.9 Å². The van der Waals surface area contributed by atoms with Crippen molar-refractivity contribution in [2.75, 3.05) is 7.11 Å². The van der Waals surface area contributed by atoms with E-state index in [1.54, 1.807) is 6.92 Å². The van der Waals surface area contributed by atoms with Crippen LogP contribution in [-0.2, 0) is 22.1 Å². The molecule has 31 heavy (non-hydrogen) atoms. The Bertz CT molecular complexity index is 1250. The van der Waals surface area contributed by atoms with Gasteiger partial charge in [-0.1, -0.05) is 0 Å². The first-order valence-electron chi connectivity index (χ1n) is 8.68. The first-order chi connectivity index (χ1) is 14.5. The third-order valence-corrected chi connectivity index (χ3v) is 4.51. The molecule has 0 fully saturated rings. The molecule has 3 rings (SSSR count). The van der Waals surface area contributed by atoms with Crippen molar-refractivity contribution in [3.63, 3.8) is 0 Å². The monoisotopic (exact) mass is 437 g/mol. The van der Waals surface area contributed by atoms with Crippen LogP contribution in [-0.4, -0.2) is 18.0 Å². The van der Waals surface area contributed by atoms with E-state index >= 15 is 0 Å². The van der Waals surface area contributed by atoms with Gasteiger partial charge in [0, 0.05) is 23.6 Å². The van der Waals surface area contributed by atoms with Gasteiger partial charge in [0.05, 0.1) is 24.0 Å². The number of non-ortho nitro benzene ring substituents is 1. The summed E-state index contributed by atoms with van der Waals surface area (Å²) >= 11 is 0. The van der Waals surface area contributed by atoms with E-state index in [-0.39, 0.29) is 23.3 Å².